The Balaban J connectivity index is 1.41. The Kier molecular flexibility index (Phi) is 11.4. The SMILES string of the molecule is C#CC#CC#Cc1ccc(OCCCNc2cc(NCCCOc3ccc(C)cc3C)nc(NO)n2)c(C)c1. The number of rotatable bonds is 13. The van der Waals surface area contributed by atoms with Crippen LogP contribution in [0.5, 0.6) is 11.5 Å². The van der Waals surface area contributed by atoms with Crippen molar-refractivity contribution in [3.8, 4) is 47.5 Å². The minimum absolute atomic E-state index is 0.106. The van der Waals surface area contributed by atoms with Crippen LogP contribution in [0.1, 0.15) is 35.1 Å². The average Bonchev–Trinajstić information content (AvgIpc) is 2.92. The lowest BCUT2D eigenvalue weighted by Gasteiger charge is -2.13. The van der Waals surface area contributed by atoms with Crippen LogP contribution in [-0.4, -0.2) is 41.5 Å². The van der Waals surface area contributed by atoms with Crippen LogP contribution in [0.25, 0.3) is 0 Å². The average molecular weight is 524 g/mol. The number of nitrogens with one attached hydrogen (secondary N) is 3. The highest BCUT2D eigenvalue weighted by Crippen LogP contribution is 2.20. The van der Waals surface area contributed by atoms with Gasteiger partial charge in [-0.05, 0) is 92.7 Å². The van der Waals surface area contributed by atoms with Crippen LogP contribution in [0.4, 0.5) is 17.6 Å². The lowest BCUT2D eigenvalue weighted by atomic mass is 10.1. The van der Waals surface area contributed by atoms with Crippen LogP contribution in [0, 0.1) is 56.8 Å². The summed E-state index contributed by atoms with van der Waals surface area (Å²) < 4.78 is 11.8. The van der Waals surface area contributed by atoms with Gasteiger partial charge in [-0.25, -0.2) is 5.48 Å². The van der Waals surface area contributed by atoms with Crippen molar-refractivity contribution in [3.05, 3.63) is 64.7 Å². The quantitative estimate of drug-likeness (QED) is 0.142. The third kappa shape index (κ3) is 9.85. The van der Waals surface area contributed by atoms with Crippen molar-refractivity contribution in [2.75, 3.05) is 42.4 Å². The van der Waals surface area contributed by atoms with E-state index in [2.05, 4.69) is 63.2 Å². The predicted molar refractivity (Wildman–Crippen MR) is 155 cm³/mol. The summed E-state index contributed by atoms with van der Waals surface area (Å²) in [5.74, 6) is 15.9. The van der Waals surface area contributed by atoms with Gasteiger partial charge < -0.3 is 20.1 Å². The molecule has 0 bridgehead atoms. The fraction of sp³-hybridized carbons (Fsp3) is 0.290. The topological polar surface area (TPSA) is 101 Å². The molecule has 8 heteroatoms. The zero-order valence-corrected chi connectivity index (χ0v) is 22.5. The summed E-state index contributed by atoms with van der Waals surface area (Å²) in [5.41, 5.74) is 6.20. The number of anilines is 3. The first-order valence-electron chi connectivity index (χ1n) is 12.7. The maximum absolute atomic E-state index is 9.33. The van der Waals surface area contributed by atoms with Crippen molar-refractivity contribution in [2.24, 2.45) is 0 Å². The first kappa shape index (κ1) is 28.7. The molecule has 0 spiro atoms. The summed E-state index contributed by atoms with van der Waals surface area (Å²) in [7, 11) is 0. The molecule has 3 rings (SSSR count). The molecule has 4 N–H and O–H groups in total. The van der Waals surface area contributed by atoms with Crippen LogP contribution in [-0.2, 0) is 0 Å². The smallest absolute Gasteiger partial charge is 0.250 e. The molecule has 0 amide bonds. The summed E-state index contributed by atoms with van der Waals surface area (Å²) in [5, 5.41) is 15.8. The molecule has 3 aromatic rings. The molecule has 0 unspecified atom stereocenters. The molecule has 39 heavy (non-hydrogen) atoms. The lowest BCUT2D eigenvalue weighted by Crippen LogP contribution is -2.12. The van der Waals surface area contributed by atoms with Crippen LogP contribution in [0.15, 0.2) is 42.5 Å². The number of benzene rings is 2. The monoisotopic (exact) mass is 523 g/mol. The van der Waals surface area contributed by atoms with Crippen molar-refractivity contribution in [3.63, 3.8) is 0 Å². The second kappa shape index (κ2) is 15.4. The lowest BCUT2D eigenvalue weighted by molar-refractivity contribution is 0.313. The van der Waals surface area contributed by atoms with Crippen molar-refractivity contribution in [2.45, 2.75) is 33.6 Å². The maximum atomic E-state index is 9.33. The molecule has 200 valence electrons. The first-order valence-corrected chi connectivity index (χ1v) is 12.7. The van der Waals surface area contributed by atoms with E-state index in [9.17, 15) is 5.21 Å². The van der Waals surface area contributed by atoms with E-state index in [0.29, 0.717) is 37.9 Å². The number of hydrogen-bond acceptors (Lipinski definition) is 8. The van der Waals surface area contributed by atoms with E-state index in [4.69, 9.17) is 15.9 Å². The number of nitrogens with zero attached hydrogens (tertiary/aromatic N) is 2. The van der Waals surface area contributed by atoms with Gasteiger partial charge in [0, 0.05) is 24.7 Å². The van der Waals surface area contributed by atoms with Crippen LogP contribution >= 0.6 is 0 Å². The summed E-state index contributed by atoms with van der Waals surface area (Å²) in [6.45, 7) is 8.46. The van der Waals surface area contributed by atoms with Crippen molar-refractivity contribution in [1.82, 2.24) is 9.97 Å². The number of hydrogen-bond donors (Lipinski definition) is 4. The largest absolute Gasteiger partial charge is 0.493 e. The molecule has 0 aliphatic heterocycles. The second-order valence-corrected chi connectivity index (χ2v) is 8.72. The normalized spacial score (nSPS) is 9.72. The molecule has 0 aliphatic carbocycles. The molecule has 1 heterocycles. The molecule has 0 saturated carbocycles. The fourth-order valence-corrected chi connectivity index (χ4v) is 3.64. The highest BCUT2D eigenvalue weighted by atomic mass is 16.5. The van der Waals surface area contributed by atoms with Gasteiger partial charge in [-0.3, -0.25) is 5.21 Å². The highest BCUT2D eigenvalue weighted by Gasteiger charge is 2.05. The standard InChI is InChI=1S/C31H33N5O3/c1-5-6-7-8-11-26-13-15-28(25(4)21-26)39-19-10-17-33-30-22-29(34-31(35-30)36-37)32-16-9-18-38-27-14-12-23(2)20-24(27)3/h1,12-15,20-22,37H,9-10,16-19H2,2-4H3,(H3,32,33,34,35,36). The molecule has 8 nitrogen and oxygen atoms in total. The van der Waals surface area contributed by atoms with Gasteiger partial charge in [0.25, 0.3) is 5.95 Å². The minimum atomic E-state index is 0.106. The minimum Gasteiger partial charge on any atom is -0.493 e. The summed E-state index contributed by atoms with van der Waals surface area (Å²) in [4.78, 5) is 8.49. The Labute approximate surface area is 230 Å². The number of aryl methyl sites for hydroxylation is 3. The van der Waals surface area contributed by atoms with Gasteiger partial charge in [-0.15, -0.1) is 6.42 Å². The maximum Gasteiger partial charge on any atom is 0.250 e. The van der Waals surface area contributed by atoms with E-state index < -0.39 is 0 Å². The van der Waals surface area contributed by atoms with E-state index >= 15 is 0 Å². The Morgan fingerprint density at radius 2 is 1.41 bits per heavy atom. The van der Waals surface area contributed by atoms with Crippen molar-refractivity contribution >= 4 is 17.6 Å². The molecule has 0 saturated heterocycles. The Morgan fingerprint density at radius 3 is 1.97 bits per heavy atom. The number of ether oxygens (including phenoxy) is 2. The molecular formula is C31H33N5O3. The van der Waals surface area contributed by atoms with E-state index in [0.717, 1.165) is 41.0 Å². The van der Waals surface area contributed by atoms with Crippen molar-refractivity contribution < 1.29 is 14.7 Å². The van der Waals surface area contributed by atoms with Gasteiger partial charge >= 0.3 is 0 Å². The van der Waals surface area contributed by atoms with E-state index in [1.807, 2.05) is 49.7 Å². The Morgan fingerprint density at radius 1 is 0.795 bits per heavy atom. The predicted octanol–water partition coefficient (Wildman–Crippen LogP) is 4.95. The first-order chi connectivity index (χ1) is 19.0. The number of aromatic nitrogens is 2. The third-order valence-electron chi connectivity index (χ3n) is 5.51. The summed E-state index contributed by atoms with van der Waals surface area (Å²) >= 11 is 0. The van der Waals surface area contributed by atoms with Gasteiger partial charge in [0.15, 0.2) is 0 Å². The van der Waals surface area contributed by atoms with E-state index in [1.54, 1.807) is 6.07 Å². The van der Waals surface area contributed by atoms with Gasteiger partial charge in [-0.2, -0.15) is 9.97 Å². The van der Waals surface area contributed by atoms with Crippen LogP contribution < -0.4 is 25.6 Å². The molecule has 0 fully saturated rings. The molecule has 2 aromatic carbocycles. The highest BCUT2D eigenvalue weighted by molar-refractivity contribution is 5.51. The fourth-order valence-electron chi connectivity index (χ4n) is 3.64. The molecular weight excluding hydrogens is 490 g/mol. The number of terminal acetylenes is 1. The molecule has 1 aromatic heterocycles. The molecule has 0 radical (unpaired) electrons. The zero-order chi connectivity index (χ0) is 27.9. The summed E-state index contributed by atoms with van der Waals surface area (Å²) in [6, 6.07) is 13.7. The molecule has 0 atom stereocenters. The third-order valence-corrected chi connectivity index (χ3v) is 5.51. The van der Waals surface area contributed by atoms with E-state index in [-0.39, 0.29) is 5.95 Å². The van der Waals surface area contributed by atoms with Crippen LogP contribution in [0.3, 0.4) is 0 Å². The van der Waals surface area contributed by atoms with Crippen molar-refractivity contribution in [1.29, 1.82) is 0 Å². The van der Waals surface area contributed by atoms with E-state index in [1.165, 1.54) is 5.56 Å². The van der Waals surface area contributed by atoms with Gasteiger partial charge in [0.05, 0.1) is 13.2 Å². The summed E-state index contributed by atoms with van der Waals surface area (Å²) in [6.07, 6.45) is 6.61. The Bertz CT molecular complexity index is 1420. The molecule has 0 aliphatic rings. The van der Waals surface area contributed by atoms with Gasteiger partial charge in [0.1, 0.15) is 23.1 Å². The van der Waals surface area contributed by atoms with Gasteiger partial charge in [-0.1, -0.05) is 23.6 Å². The van der Waals surface area contributed by atoms with Crippen LogP contribution in [0.2, 0.25) is 0 Å². The van der Waals surface area contributed by atoms with Gasteiger partial charge in [0.2, 0.25) is 0 Å². The second-order valence-electron chi connectivity index (χ2n) is 8.72. The Hall–Kier alpha value is -4.84. The zero-order valence-electron chi connectivity index (χ0n) is 22.5.